The molecule has 4 nitrogen and oxygen atoms in total. The van der Waals surface area contributed by atoms with Crippen molar-refractivity contribution in [2.45, 2.75) is 13.5 Å². The van der Waals surface area contributed by atoms with Crippen LogP contribution in [0.2, 0.25) is 0 Å². The zero-order valence-electron chi connectivity index (χ0n) is 14.0. The third-order valence-corrected chi connectivity index (χ3v) is 6.03. The third-order valence-electron chi connectivity index (χ3n) is 4.11. The molecule has 0 bridgehead atoms. The number of hydrogen-bond donors (Lipinski definition) is 0. The van der Waals surface area contributed by atoms with Crippen LogP contribution in [0, 0.1) is 18.6 Å². The van der Waals surface area contributed by atoms with Gasteiger partial charge in [-0.3, -0.25) is 14.2 Å². The molecule has 27 heavy (non-hydrogen) atoms. The fraction of sp³-hybridized carbons (Fsp3) is 0.105. The number of benzene rings is 1. The predicted molar refractivity (Wildman–Crippen MR) is 103 cm³/mol. The van der Waals surface area contributed by atoms with Crippen LogP contribution in [0.1, 0.15) is 15.2 Å². The second kappa shape index (κ2) is 6.79. The molecule has 4 aromatic rings. The SMILES string of the molecule is Cc1ccc(-c2csc3ncn(CC(=O)c4cc(F)ccc4F)c(=O)c23)s1. The van der Waals surface area contributed by atoms with Crippen LogP contribution in [-0.2, 0) is 6.54 Å². The first-order valence-electron chi connectivity index (χ1n) is 7.96. The van der Waals surface area contributed by atoms with E-state index >= 15 is 0 Å². The maximum atomic E-state index is 13.8. The molecular weight excluding hydrogens is 390 g/mol. The highest BCUT2D eigenvalue weighted by Gasteiger charge is 2.18. The van der Waals surface area contributed by atoms with Crippen molar-refractivity contribution in [3.63, 3.8) is 0 Å². The van der Waals surface area contributed by atoms with Crippen LogP contribution >= 0.6 is 22.7 Å². The highest BCUT2D eigenvalue weighted by Crippen LogP contribution is 2.34. The lowest BCUT2D eigenvalue weighted by atomic mass is 10.1. The normalized spacial score (nSPS) is 11.2. The van der Waals surface area contributed by atoms with Crippen LogP contribution in [0.4, 0.5) is 8.78 Å². The van der Waals surface area contributed by atoms with Gasteiger partial charge in [-0.15, -0.1) is 22.7 Å². The standard InChI is InChI=1S/C19H12F2N2O2S2/c1-10-2-5-16(27-10)13-8-26-18-17(13)19(25)23(9-22-18)7-15(24)12-6-11(20)3-4-14(12)21/h2-6,8-9H,7H2,1H3. The molecule has 0 aliphatic carbocycles. The van der Waals surface area contributed by atoms with Crippen molar-refractivity contribution in [3.05, 3.63) is 74.5 Å². The quantitative estimate of drug-likeness (QED) is 0.467. The number of Topliss-reactive ketones (excluding diaryl/α,β-unsaturated/α-hetero) is 1. The van der Waals surface area contributed by atoms with Crippen LogP contribution in [-0.4, -0.2) is 15.3 Å². The monoisotopic (exact) mass is 402 g/mol. The van der Waals surface area contributed by atoms with Gasteiger partial charge in [0, 0.05) is 20.7 Å². The number of thiophene rings is 2. The number of carbonyl (C=O) groups is 1. The number of aromatic nitrogens is 2. The van der Waals surface area contributed by atoms with Crippen molar-refractivity contribution in [1.82, 2.24) is 9.55 Å². The van der Waals surface area contributed by atoms with Gasteiger partial charge in [-0.05, 0) is 37.3 Å². The summed E-state index contributed by atoms with van der Waals surface area (Å²) in [6, 6.07) is 6.56. The summed E-state index contributed by atoms with van der Waals surface area (Å²) in [4.78, 5) is 32.2. The van der Waals surface area contributed by atoms with Gasteiger partial charge in [0.2, 0.25) is 0 Å². The Kier molecular flexibility index (Phi) is 4.45. The van der Waals surface area contributed by atoms with E-state index in [2.05, 4.69) is 4.98 Å². The summed E-state index contributed by atoms with van der Waals surface area (Å²) in [5.74, 6) is -2.23. The second-order valence-corrected chi connectivity index (χ2v) is 8.11. The number of nitrogens with zero attached hydrogens (tertiary/aromatic N) is 2. The van der Waals surface area contributed by atoms with Crippen molar-refractivity contribution in [3.8, 4) is 10.4 Å². The Hall–Kier alpha value is -2.71. The number of halogens is 2. The molecule has 8 heteroatoms. The van der Waals surface area contributed by atoms with Gasteiger partial charge in [-0.2, -0.15) is 0 Å². The van der Waals surface area contributed by atoms with Crippen molar-refractivity contribution < 1.29 is 13.6 Å². The molecular formula is C19H12F2N2O2S2. The fourth-order valence-electron chi connectivity index (χ4n) is 2.79. The largest absolute Gasteiger partial charge is 0.292 e. The Balaban J connectivity index is 1.77. The van der Waals surface area contributed by atoms with Gasteiger partial charge in [0.25, 0.3) is 5.56 Å². The highest BCUT2D eigenvalue weighted by atomic mass is 32.1. The minimum absolute atomic E-state index is 0.382. The summed E-state index contributed by atoms with van der Waals surface area (Å²) in [5.41, 5.74) is -0.00165. The average molecular weight is 402 g/mol. The molecule has 0 spiro atoms. The minimum Gasteiger partial charge on any atom is -0.292 e. The van der Waals surface area contributed by atoms with Crippen molar-refractivity contribution in [2.24, 2.45) is 0 Å². The van der Waals surface area contributed by atoms with Gasteiger partial charge in [0.1, 0.15) is 16.5 Å². The van der Waals surface area contributed by atoms with E-state index in [4.69, 9.17) is 0 Å². The summed E-state index contributed by atoms with van der Waals surface area (Å²) < 4.78 is 28.3. The molecule has 0 aliphatic rings. The summed E-state index contributed by atoms with van der Waals surface area (Å²) in [5, 5.41) is 2.29. The second-order valence-electron chi connectivity index (χ2n) is 5.96. The molecule has 0 amide bonds. The van der Waals surface area contributed by atoms with E-state index in [1.54, 1.807) is 11.3 Å². The van der Waals surface area contributed by atoms with Gasteiger partial charge in [-0.1, -0.05) is 0 Å². The summed E-state index contributed by atoms with van der Waals surface area (Å²) in [7, 11) is 0. The molecule has 0 saturated heterocycles. The van der Waals surface area contributed by atoms with Crippen LogP contribution in [0.5, 0.6) is 0 Å². The Labute approximate surface area is 160 Å². The van der Waals surface area contributed by atoms with E-state index in [-0.39, 0.29) is 11.1 Å². The summed E-state index contributed by atoms with van der Waals surface area (Å²) in [6.07, 6.45) is 1.26. The van der Waals surface area contributed by atoms with Crippen molar-refractivity contribution in [2.75, 3.05) is 0 Å². The Morgan fingerprint density at radius 1 is 1.22 bits per heavy atom. The summed E-state index contributed by atoms with van der Waals surface area (Å²) in [6.45, 7) is 1.56. The van der Waals surface area contributed by atoms with E-state index in [9.17, 15) is 18.4 Å². The van der Waals surface area contributed by atoms with Gasteiger partial charge >= 0.3 is 0 Å². The Morgan fingerprint density at radius 3 is 2.78 bits per heavy atom. The van der Waals surface area contributed by atoms with Crippen molar-refractivity contribution >= 4 is 38.7 Å². The van der Waals surface area contributed by atoms with Crippen molar-refractivity contribution in [1.29, 1.82) is 0 Å². The topological polar surface area (TPSA) is 52.0 Å². The molecule has 136 valence electrons. The van der Waals surface area contributed by atoms with Crippen LogP contribution in [0.25, 0.3) is 20.7 Å². The number of rotatable bonds is 4. The molecule has 0 fully saturated rings. The molecule has 0 saturated carbocycles. The zero-order valence-corrected chi connectivity index (χ0v) is 15.7. The highest BCUT2D eigenvalue weighted by molar-refractivity contribution is 7.19. The third kappa shape index (κ3) is 3.22. The van der Waals surface area contributed by atoms with Gasteiger partial charge in [-0.25, -0.2) is 13.8 Å². The lowest BCUT2D eigenvalue weighted by Crippen LogP contribution is -2.25. The molecule has 0 N–H and O–H groups in total. The smallest absolute Gasteiger partial charge is 0.263 e. The minimum atomic E-state index is -0.825. The first kappa shape index (κ1) is 17.7. The molecule has 0 aliphatic heterocycles. The van der Waals surface area contributed by atoms with Crippen LogP contribution in [0.3, 0.4) is 0 Å². The molecule has 0 unspecified atom stereocenters. The van der Waals surface area contributed by atoms with Crippen LogP contribution < -0.4 is 5.56 Å². The molecule has 1 aromatic carbocycles. The lowest BCUT2D eigenvalue weighted by molar-refractivity contribution is 0.0966. The molecule has 0 radical (unpaired) electrons. The molecule has 4 rings (SSSR count). The molecule has 3 heterocycles. The molecule has 0 atom stereocenters. The average Bonchev–Trinajstić information content (AvgIpc) is 3.25. The first-order valence-corrected chi connectivity index (χ1v) is 9.65. The fourth-order valence-corrected chi connectivity index (χ4v) is 4.65. The van der Waals surface area contributed by atoms with E-state index in [1.165, 1.54) is 17.7 Å². The zero-order chi connectivity index (χ0) is 19.1. The maximum Gasteiger partial charge on any atom is 0.263 e. The number of carbonyl (C=O) groups excluding carboxylic acids is 1. The van der Waals surface area contributed by atoms with E-state index < -0.39 is 24.0 Å². The lowest BCUT2D eigenvalue weighted by Gasteiger charge is -2.06. The van der Waals surface area contributed by atoms with Gasteiger partial charge in [0.15, 0.2) is 5.78 Å². The van der Waals surface area contributed by atoms with Crippen LogP contribution in [0.15, 0.2) is 46.8 Å². The predicted octanol–water partition coefficient (Wildman–Crippen LogP) is 4.66. The van der Waals surface area contributed by atoms with E-state index in [0.717, 1.165) is 38.1 Å². The number of hydrogen-bond acceptors (Lipinski definition) is 5. The molecule has 3 aromatic heterocycles. The first-order chi connectivity index (χ1) is 12.9. The Bertz CT molecular complexity index is 1240. The number of aryl methyl sites for hydroxylation is 1. The number of fused-ring (bicyclic) bond motifs is 1. The van der Waals surface area contributed by atoms with Gasteiger partial charge < -0.3 is 0 Å². The van der Waals surface area contributed by atoms with E-state index in [1.807, 2.05) is 24.4 Å². The van der Waals surface area contributed by atoms with Gasteiger partial charge in [0.05, 0.1) is 23.8 Å². The number of ketones is 1. The van der Waals surface area contributed by atoms with E-state index in [0.29, 0.717) is 10.2 Å². The Morgan fingerprint density at radius 2 is 2.04 bits per heavy atom. The maximum absolute atomic E-state index is 13.8. The summed E-state index contributed by atoms with van der Waals surface area (Å²) >= 11 is 2.91.